The van der Waals surface area contributed by atoms with Gasteiger partial charge in [-0.3, -0.25) is 9.79 Å². The van der Waals surface area contributed by atoms with E-state index in [-0.39, 0.29) is 53.7 Å². The Morgan fingerprint density at radius 2 is 2.00 bits per heavy atom. The standard InChI is InChI=1S/C29H27F5N6O2/c1-39-10-9-23(21(31)14-39)36-22-7-4-8-24-19(22)12-25(40(24)15-29(32,33)34)27-37-26(42-38-27)13-35-28(41)18-11-17(18)16-5-2-3-6-20(16)30/h2-8,12,17-18,21H,9-11,13-15H2,1H3,(H,35,41)/b36-23+/t17-,18+,21-/m0/s1. The van der Waals surface area contributed by atoms with Crippen molar-refractivity contribution in [3.05, 3.63) is 65.8 Å². The molecule has 0 radical (unpaired) electrons. The van der Waals surface area contributed by atoms with Crippen LogP contribution in [0.4, 0.5) is 27.6 Å². The Labute approximate surface area is 237 Å². The van der Waals surface area contributed by atoms with Crippen molar-refractivity contribution in [2.75, 3.05) is 20.1 Å². The third-order valence-electron chi connectivity index (χ3n) is 7.65. The van der Waals surface area contributed by atoms with E-state index >= 15 is 0 Å². The number of nitrogens with one attached hydrogen (secondary N) is 1. The quantitative estimate of drug-likeness (QED) is 0.287. The maximum atomic E-state index is 14.7. The first-order chi connectivity index (χ1) is 20.1. The Morgan fingerprint density at radius 1 is 1.19 bits per heavy atom. The lowest BCUT2D eigenvalue weighted by molar-refractivity contribution is -0.139. The van der Waals surface area contributed by atoms with E-state index < -0.39 is 24.8 Å². The molecule has 3 atom stereocenters. The van der Waals surface area contributed by atoms with E-state index in [1.807, 2.05) is 11.9 Å². The van der Waals surface area contributed by atoms with Crippen LogP contribution < -0.4 is 5.32 Å². The van der Waals surface area contributed by atoms with E-state index in [2.05, 4.69) is 20.4 Å². The molecule has 42 heavy (non-hydrogen) atoms. The first kappa shape index (κ1) is 28.0. The first-order valence-electron chi connectivity index (χ1n) is 13.5. The number of carbonyl (C=O) groups is 1. The maximum absolute atomic E-state index is 14.7. The minimum Gasteiger partial charge on any atom is -0.347 e. The van der Waals surface area contributed by atoms with Crippen LogP contribution in [0.5, 0.6) is 0 Å². The average molecular weight is 587 g/mol. The Kier molecular flexibility index (Phi) is 7.29. The van der Waals surface area contributed by atoms with Crippen LogP contribution in [-0.4, -0.2) is 63.7 Å². The number of aromatic nitrogens is 3. The lowest BCUT2D eigenvalue weighted by Gasteiger charge is -2.26. The fraction of sp³-hybridized carbons (Fsp3) is 0.379. The minimum absolute atomic E-state index is 0.00248. The highest BCUT2D eigenvalue weighted by Crippen LogP contribution is 2.48. The molecular weight excluding hydrogens is 559 g/mol. The van der Waals surface area contributed by atoms with Crippen LogP contribution in [0.15, 0.2) is 58.0 Å². The highest BCUT2D eigenvalue weighted by Gasteiger charge is 2.45. The SMILES string of the molecule is CN1CC/C(=N\c2cccc3c2cc(-c2noc(CNC(=O)[C@@H]4C[C@H]4c4ccccc4F)n2)n3CC(F)(F)F)[C@@H](F)C1. The molecule has 0 spiro atoms. The zero-order valence-electron chi connectivity index (χ0n) is 22.5. The number of hydrogen-bond acceptors (Lipinski definition) is 6. The summed E-state index contributed by atoms with van der Waals surface area (Å²) in [5, 5.41) is 6.95. The number of rotatable bonds is 7. The van der Waals surface area contributed by atoms with Crippen LogP contribution in [0.25, 0.3) is 22.4 Å². The summed E-state index contributed by atoms with van der Waals surface area (Å²) in [4.78, 5) is 23.2. The second-order valence-corrected chi connectivity index (χ2v) is 10.7. The van der Waals surface area contributed by atoms with Gasteiger partial charge in [0.25, 0.3) is 0 Å². The minimum atomic E-state index is -4.56. The molecule has 220 valence electrons. The van der Waals surface area contributed by atoms with Crippen molar-refractivity contribution in [3.63, 3.8) is 0 Å². The molecule has 8 nitrogen and oxygen atoms in total. The normalized spacial score (nSPS) is 22.1. The van der Waals surface area contributed by atoms with Crippen LogP contribution >= 0.6 is 0 Å². The molecule has 0 unspecified atom stereocenters. The number of halogens is 5. The van der Waals surface area contributed by atoms with Crippen molar-refractivity contribution in [1.29, 1.82) is 0 Å². The van der Waals surface area contributed by atoms with Crippen LogP contribution in [0.1, 0.15) is 30.2 Å². The number of benzene rings is 2. The fourth-order valence-corrected chi connectivity index (χ4v) is 5.44. The molecule has 2 aliphatic rings. The largest absolute Gasteiger partial charge is 0.406 e. The smallest absolute Gasteiger partial charge is 0.347 e. The van der Waals surface area contributed by atoms with E-state index in [9.17, 15) is 26.7 Å². The molecule has 6 rings (SSSR count). The average Bonchev–Trinajstić information content (AvgIpc) is 3.45. The Hall–Kier alpha value is -4.13. The molecule has 1 aliphatic carbocycles. The van der Waals surface area contributed by atoms with Crippen molar-refractivity contribution in [1.82, 2.24) is 24.9 Å². The highest BCUT2D eigenvalue weighted by atomic mass is 19.4. The highest BCUT2D eigenvalue weighted by molar-refractivity contribution is 5.99. The summed E-state index contributed by atoms with van der Waals surface area (Å²) < 4.78 is 75.9. The van der Waals surface area contributed by atoms with Crippen molar-refractivity contribution >= 4 is 28.2 Å². The molecule has 2 aromatic carbocycles. The summed E-state index contributed by atoms with van der Waals surface area (Å²) in [5.74, 6) is -1.39. The van der Waals surface area contributed by atoms with Crippen molar-refractivity contribution in [2.45, 2.75) is 44.2 Å². The number of carbonyl (C=O) groups excluding carboxylic acids is 1. The number of piperidine rings is 1. The predicted octanol–water partition coefficient (Wildman–Crippen LogP) is 5.56. The number of aliphatic imine (C=N–C) groups is 1. The van der Waals surface area contributed by atoms with Gasteiger partial charge in [-0.15, -0.1) is 0 Å². The van der Waals surface area contributed by atoms with Crippen molar-refractivity contribution in [2.24, 2.45) is 10.9 Å². The third-order valence-corrected chi connectivity index (χ3v) is 7.65. The van der Waals surface area contributed by atoms with Gasteiger partial charge in [0.1, 0.15) is 12.4 Å². The van der Waals surface area contributed by atoms with Crippen LogP contribution in [0, 0.1) is 11.7 Å². The van der Waals surface area contributed by atoms with Crippen LogP contribution in [0.2, 0.25) is 0 Å². The number of alkyl halides is 4. The Morgan fingerprint density at radius 3 is 2.76 bits per heavy atom. The zero-order chi connectivity index (χ0) is 29.6. The summed E-state index contributed by atoms with van der Waals surface area (Å²) in [5.41, 5.74) is 1.45. The third kappa shape index (κ3) is 5.78. The summed E-state index contributed by atoms with van der Waals surface area (Å²) >= 11 is 0. The molecule has 2 fully saturated rings. The van der Waals surface area contributed by atoms with Gasteiger partial charge in [-0.05, 0) is 49.2 Å². The van der Waals surface area contributed by atoms with E-state index in [1.165, 1.54) is 18.2 Å². The zero-order valence-corrected chi connectivity index (χ0v) is 22.5. The lowest BCUT2D eigenvalue weighted by Crippen LogP contribution is -2.39. The van der Waals surface area contributed by atoms with Gasteiger partial charge in [-0.2, -0.15) is 18.2 Å². The number of nitrogens with zero attached hydrogens (tertiary/aromatic N) is 5. The topological polar surface area (TPSA) is 88.6 Å². The van der Waals surface area contributed by atoms with Crippen molar-refractivity contribution in [3.8, 4) is 11.5 Å². The molecule has 2 aromatic heterocycles. The Balaban J connectivity index is 1.24. The number of hydrogen-bond donors (Lipinski definition) is 1. The van der Waals surface area contributed by atoms with E-state index in [0.29, 0.717) is 41.7 Å². The number of amides is 1. The molecule has 13 heteroatoms. The van der Waals surface area contributed by atoms with Crippen LogP contribution in [0.3, 0.4) is 0 Å². The summed E-state index contributed by atoms with van der Waals surface area (Å²) in [6.45, 7) is -0.636. The second-order valence-electron chi connectivity index (χ2n) is 10.7. The molecule has 1 aliphatic heterocycles. The summed E-state index contributed by atoms with van der Waals surface area (Å²) in [7, 11) is 1.81. The lowest BCUT2D eigenvalue weighted by atomic mass is 10.1. The molecule has 1 saturated carbocycles. The van der Waals surface area contributed by atoms with Gasteiger partial charge in [0, 0.05) is 30.8 Å². The summed E-state index contributed by atoms with van der Waals surface area (Å²) in [6, 6.07) is 12.5. The molecule has 1 amide bonds. The van der Waals surface area contributed by atoms with E-state index in [0.717, 1.165) is 4.57 Å². The monoisotopic (exact) mass is 586 g/mol. The first-order valence-corrected chi connectivity index (χ1v) is 13.5. The Bertz CT molecular complexity index is 1660. The van der Waals surface area contributed by atoms with Gasteiger partial charge in [-0.1, -0.05) is 29.4 Å². The van der Waals surface area contributed by atoms with Crippen LogP contribution in [-0.2, 0) is 17.9 Å². The number of likely N-dealkylation sites (tertiary alicyclic amines) is 1. The number of fused-ring (bicyclic) bond motifs is 1. The molecule has 1 N–H and O–H groups in total. The van der Waals surface area contributed by atoms with Gasteiger partial charge >= 0.3 is 6.18 Å². The van der Waals surface area contributed by atoms with E-state index in [4.69, 9.17) is 4.52 Å². The van der Waals surface area contributed by atoms with Gasteiger partial charge in [0.2, 0.25) is 17.6 Å². The summed E-state index contributed by atoms with van der Waals surface area (Å²) in [6.07, 6.45) is -4.92. The molecule has 4 aromatic rings. The predicted molar refractivity (Wildman–Crippen MR) is 144 cm³/mol. The molecular formula is C29H27F5N6O2. The molecule has 3 heterocycles. The van der Waals surface area contributed by atoms with E-state index in [1.54, 1.807) is 30.3 Å². The maximum Gasteiger partial charge on any atom is 0.406 e. The second kappa shape index (κ2) is 10.9. The van der Waals surface area contributed by atoms with Gasteiger partial charge in [0.15, 0.2) is 6.17 Å². The van der Waals surface area contributed by atoms with Gasteiger partial charge in [-0.25, -0.2) is 8.78 Å². The molecule has 0 bridgehead atoms. The molecule has 1 saturated heterocycles. The fourth-order valence-electron chi connectivity index (χ4n) is 5.44. The van der Waals surface area contributed by atoms with Gasteiger partial charge < -0.3 is 19.3 Å². The van der Waals surface area contributed by atoms with Crippen molar-refractivity contribution < 1.29 is 31.3 Å². The van der Waals surface area contributed by atoms with Gasteiger partial charge in [0.05, 0.1) is 29.2 Å².